The molecule has 0 atom stereocenters. The minimum atomic E-state index is 1.04. The number of benzene rings is 1. The number of aryl methyl sites for hydroxylation is 1. The number of aromatic nitrogens is 2. The Labute approximate surface area is 94.0 Å². The van der Waals surface area contributed by atoms with Crippen LogP contribution in [0.1, 0.15) is 5.56 Å². The minimum absolute atomic E-state index is 1.04. The van der Waals surface area contributed by atoms with Crippen LogP contribution in [0.25, 0.3) is 22.2 Å². The Balaban J connectivity index is 2.25. The van der Waals surface area contributed by atoms with Crippen molar-refractivity contribution in [2.45, 2.75) is 6.92 Å². The summed E-state index contributed by atoms with van der Waals surface area (Å²) in [6.07, 6.45) is 3.79. The molecule has 3 rings (SSSR count). The van der Waals surface area contributed by atoms with Crippen LogP contribution < -0.4 is 0 Å². The van der Waals surface area contributed by atoms with Crippen LogP contribution >= 0.6 is 0 Å². The number of rotatable bonds is 1. The van der Waals surface area contributed by atoms with E-state index in [1.54, 1.807) is 0 Å². The number of pyridine rings is 1. The lowest BCUT2D eigenvalue weighted by molar-refractivity contribution is 1.34. The maximum Gasteiger partial charge on any atom is 0.0795 e. The highest BCUT2D eigenvalue weighted by atomic mass is 14.7. The maximum atomic E-state index is 4.46. The number of H-pyrrole nitrogens is 1. The number of hydrogen-bond acceptors (Lipinski definition) is 1. The normalized spacial score (nSPS) is 10.8. The van der Waals surface area contributed by atoms with E-state index < -0.39 is 0 Å². The van der Waals surface area contributed by atoms with Crippen LogP contribution in [0.2, 0.25) is 0 Å². The highest BCUT2D eigenvalue weighted by Gasteiger charge is 2.04. The fourth-order valence-corrected chi connectivity index (χ4v) is 1.92. The lowest BCUT2D eigenvalue weighted by Gasteiger charge is -2.02. The van der Waals surface area contributed by atoms with Crippen molar-refractivity contribution in [1.82, 2.24) is 9.97 Å². The molecule has 0 bridgehead atoms. The second-order valence-corrected chi connectivity index (χ2v) is 3.96. The van der Waals surface area contributed by atoms with Gasteiger partial charge in [-0.1, -0.05) is 29.8 Å². The van der Waals surface area contributed by atoms with Crippen molar-refractivity contribution in [2.24, 2.45) is 0 Å². The first-order valence-corrected chi connectivity index (χ1v) is 5.34. The van der Waals surface area contributed by atoms with Crippen LogP contribution in [-0.2, 0) is 0 Å². The van der Waals surface area contributed by atoms with Crippen LogP contribution in [0.5, 0.6) is 0 Å². The van der Waals surface area contributed by atoms with E-state index in [1.165, 1.54) is 10.9 Å². The summed E-state index contributed by atoms with van der Waals surface area (Å²) >= 11 is 0. The first kappa shape index (κ1) is 9.16. The van der Waals surface area contributed by atoms with Gasteiger partial charge in [-0.15, -0.1) is 0 Å². The van der Waals surface area contributed by atoms with Crippen LogP contribution in [0, 0.1) is 6.92 Å². The lowest BCUT2D eigenvalue weighted by Crippen LogP contribution is -1.84. The summed E-state index contributed by atoms with van der Waals surface area (Å²) in [5, 5.41) is 1.17. The topological polar surface area (TPSA) is 28.7 Å². The van der Waals surface area contributed by atoms with E-state index in [-0.39, 0.29) is 0 Å². The largest absolute Gasteiger partial charge is 0.361 e. The fourth-order valence-electron chi connectivity index (χ4n) is 1.92. The van der Waals surface area contributed by atoms with Crippen molar-refractivity contribution in [2.75, 3.05) is 0 Å². The summed E-state index contributed by atoms with van der Waals surface area (Å²) < 4.78 is 0. The Morgan fingerprint density at radius 1 is 1.00 bits per heavy atom. The summed E-state index contributed by atoms with van der Waals surface area (Å²) in [7, 11) is 0. The van der Waals surface area contributed by atoms with Gasteiger partial charge in [0, 0.05) is 28.9 Å². The summed E-state index contributed by atoms with van der Waals surface area (Å²) in [5.74, 6) is 0. The predicted molar refractivity (Wildman–Crippen MR) is 66.3 cm³/mol. The van der Waals surface area contributed by atoms with Gasteiger partial charge in [0.2, 0.25) is 0 Å². The van der Waals surface area contributed by atoms with Gasteiger partial charge in [-0.05, 0) is 19.1 Å². The molecular weight excluding hydrogens is 196 g/mol. The lowest BCUT2D eigenvalue weighted by atomic mass is 10.1. The Morgan fingerprint density at radius 2 is 1.81 bits per heavy atom. The smallest absolute Gasteiger partial charge is 0.0795 e. The average Bonchev–Trinajstić information content (AvgIpc) is 2.78. The van der Waals surface area contributed by atoms with Crippen molar-refractivity contribution in [1.29, 1.82) is 0 Å². The van der Waals surface area contributed by atoms with Crippen molar-refractivity contribution < 1.29 is 0 Å². The molecule has 0 fully saturated rings. The molecule has 2 nitrogen and oxygen atoms in total. The highest BCUT2D eigenvalue weighted by Crippen LogP contribution is 2.25. The third kappa shape index (κ3) is 1.39. The number of nitrogens with one attached hydrogen (secondary N) is 1. The quantitative estimate of drug-likeness (QED) is 0.651. The summed E-state index contributed by atoms with van der Waals surface area (Å²) in [5.41, 5.74) is 4.60. The van der Waals surface area contributed by atoms with Gasteiger partial charge in [-0.25, -0.2) is 0 Å². The SMILES string of the molecule is Cc1ccc(-c2nccc3[nH]ccc23)cc1. The van der Waals surface area contributed by atoms with Gasteiger partial charge in [0.25, 0.3) is 0 Å². The van der Waals surface area contributed by atoms with Crippen molar-refractivity contribution in [3.63, 3.8) is 0 Å². The summed E-state index contributed by atoms with van der Waals surface area (Å²) in [6.45, 7) is 2.09. The molecule has 16 heavy (non-hydrogen) atoms. The molecule has 0 saturated carbocycles. The van der Waals surface area contributed by atoms with E-state index in [9.17, 15) is 0 Å². The number of fused-ring (bicyclic) bond motifs is 1. The Hall–Kier alpha value is -2.09. The van der Waals surface area contributed by atoms with E-state index >= 15 is 0 Å². The molecular formula is C14H12N2. The third-order valence-corrected chi connectivity index (χ3v) is 2.80. The molecule has 0 aliphatic rings. The fraction of sp³-hybridized carbons (Fsp3) is 0.0714. The molecule has 1 aromatic carbocycles. The van der Waals surface area contributed by atoms with Gasteiger partial charge < -0.3 is 4.98 Å². The van der Waals surface area contributed by atoms with Gasteiger partial charge in [0.15, 0.2) is 0 Å². The highest BCUT2D eigenvalue weighted by molar-refractivity contribution is 5.92. The molecule has 1 N–H and O–H groups in total. The van der Waals surface area contributed by atoms with E-state index in [4.69, 9.17) is 0 Å². The van der Waals surface area contributed by atoms with Crippen LogP contribution in [0.4, 0.5) is 0 Å². The van der Waals surface area contributed by atoms with Gasteiger partial charge in [-0.2, -0.15) is 0 Å². The molecule has 0 spiro atoms. The van der Waals surface area contributed by atoms with Gasteiger partial charge in [0.05, 0.1) is 5.69 Å². The molecule has 0 aliphatic carbocycles. The minimum Gasteiger partial charge on any atom is -0.361 e. The third-order valence-electron chi connectivity index (χ3n) is 2.80. The van der Waals surface area contributed by atoms with E-state index in [0.29, 0.717) is 0 Å². The molecule has 0 unspecified atom stereocenters. The molecule has 0 aliphatic heterocycles. The number of hydrogen-bond donors (Lipinski definition) is 1. The predicted octanol–water partition coefficient (Wildman–Crippen LogP) is 3.54. The summed E-state index contributed by atoms with van der Waals surface area (Å²) in [6, 6.07) is 12.5. The van der Waals surface area contributed by atoms with E-state index in [2.05, 4.69) is 47.2 Å². The number of nitrogens with zero attached hydrogens (tertiary/aromatic N) is 1. The molecule has 0 amide bonds. The molecule has 0 saturated heterocycles. The van der Waals surface area contributed by atoms with Gasteiger partial charge in [-0.3, -0.25) is 4.98 Å². The first-order valence-electron chi connectivity index (χ1n) is 5.34. The van der Waals surface area contributed by atoms with Crippen LogP contribution in [0.15, 0.2) is 48.8 Å². The zero-order valence-electron chi connectivity index (χ0n) is 9.07. The Bertz CT molecular complexity index is 621. The molecule has 3 aromatic rings. The second kappa shape index (κ2) is 3.49. The average molecular weight is 208 g/mol. The number of aromatic amines is 1. The standard InChI is InChI=1S/C14H12N2/c1-10-2-4-11(5-3-10)14-12-6-8-15-13(12)7-9-16-14/h2-9,15H,1H3. The zero-order valence-corrected chi connectivity index (χ0v) is 9.07. The van der Waals surface area contributed by atoms with Crippen LogP contribution in [-0.4, -0.2) is 9.97 Å². The molecule has 78 valence electrons. The zero-order chi connectivity index (χ0) is 11.0. The first-order chi connectivity index (χ1) is 7.84. The maximum absolute atomic E-state index is 4.46. The Morgan fingerprint density at radius 3 is 2.62 bits per heavy atom. The monoisotopic (exact) mass is 208 g/mol. The molecule has 0 radical (unpaired) electrons. The van der Waals surface area contributed by atoms with Crippen molar-refractivity contribution in [3.05, 3.63) is 54.4 Å². The van der Waals surface area contributed by atoms with E-state index in [0.717, 1.165) is 16.8 Å². The Kier molecular flexibility index (Phi) is 2.00. The van der Waals surface area contributed by atoms with E-state index in [1.807, 2.05) is 18.5 Å². The van der Waals surface area contributed by atoms with Crippen molar-refractivity contribution >= 4 is 10.9 Å². The molecule has 2 aromatic heterocycles. The van der Waals surface area contributed by atoms with Gasteiger partial charge >= 0.3 is 0 Å². The molecule has 2 heterocycles. The summed E-state index contributed by atoms with van der Waals surface area (Å²) in [4.78, 5) is 7.66. The van der Waals surface area contributed by atoms with Crippen LogP contribution in [0.3, 0.4) is 0 Å². The molecule has 2 heteroatoms. The second-order valence-electron chi connectivity index (χ2n) is 3.96. The van der Waals surface area contributed by atoms with Gasteiger partial charge in [0.1, 0.15) is 0 Å². The van der Waals surface area contributed by atoms with Crippen molar-refractivity contribution in [3.8, 4) is 11.3 Å².